The van der Waals surface area contributed by atoms with Crippen LogP contribution in [-0.2, 0) is 13.2 Å². The molecule has 2 aromatic carbocycles. The van der Waals surface area contributed by atoms with E-state index < -0.39 is 0 Å². The van der Waals surface area contributed by atoms with E-state index in [1.165, 1.54) is 24.8 Å². The van der Waals surface area contributed by atoms with E-state index in [9.17, 15) is 0 Å². The minimum Gasteiger partial charge on any atom is -0.493 e. The number of hydrogen-bond donors (Lipinski definition) is 1. The van der Waals surface area contributed by atoms with Gasteiger partial charge in [-0.3, -0.25) is 0 Å². The van der Waals surface area contributed by atoms with E-state index in [-0.39, 0.29) is 0 Å². The van der Waals surface area contributed by atoms with Gasteiger partial charge in [0.1, 0.15) is 6.61 Å². The lowest BCUT2D eigenvalue weighted by molar-refractivity contribution is 0.282. The molecule has 0 unspecified atom stereocenters. The number of rotatable bonds is 10. The van der Waals surface area contributed by atoms with Crippen LogP contribution in [0, 0.1) is 0 Å². The second kappa shape index (κ2) is 10.7. The molecule has 0 aliphatic rings. The van der Waals surface area contributed by atoms with Gasteiger partial charge in [-0.25, -0.2) is 0 Å². The second-order valence-corrected chi connectivity index (χ2v) is 7.20. The molecule has 0 aliphatic heterocycles. The normalized spacial score (nSPS) is 10.7. The number of methoxy groups -OCH3 is 1. The molecule has 3 nitrogen and oxygen atoms in total. The summed E-state index contributed by atoms with van der Waals surface area (Å²) >= 11 is 9.52. The Hall–Kier alpha value is -1.23. The highest BCUT2D eigenvalue weighted by Crippen LogP contribution is 2.37. The number of nitrogens with one attached hydrogen (secondary N) is 1. The van der Waals surface area contributed by atoms with Crippen LogP contribution in [0.2, 0.25) is 5.02 Å². The summed E-state index contributed by atoms with van der Waals surface area (Å²) in [5.41, 5.74) is 2.22. The molecule has 0 amide bonds. The molecule has 0 saturated carbocycles. The minimum atomic E-state index is 0.459. The van der Waals surface area contributed by atoms with Gasteiger partial charge in [0.2, 0.25) is 0 Å². The maximum Gasteiger partial charge on any atom is 0.175 e. The van der Waals surface area contributed by atoms with Gasteiger partial charge in [-0.2, -0.15) is 0 Å². The van der Waals surface area contributed by atoms with Crippen LogP contribution in [0.4, 0.5) is 0 Å². The molecule has 1 N–H and O–H groups in total. The molecule has 5 heteroatoms. The monoisotopic (exact) mass is 425 g/mol. The van der Waals surface area contributed by atoms with Gasteiger partial charge in [0.05, 0.1) is 11.6 Å². The van der Waals surface area contributed by atoms with Gasteiger partial charge in [-0.15, -0.1) is 0 Å². The molecule has 0 radical (unpaired) electrons. The zero-order valence-corrected chi connectivity index (χ0v) is 17.1. The first-order valence-electron chi connectivity index (χ1n) is 8.58. The third-order valence-electron chi connectivity index (χ3n) is 3.87. The van der Waals surface area contributed by atoms with Gasteiger partial charge in [0, 0.05) is 11.6 Å². The van der Waals surface area contributed by atoms with Gasteiger partial charge < -0.3 is 14.8 Å². The number of benzene rings is 2. The van der Waals surface area contributed by atoms with Crippen LogP contribution in [0.25, 0.3) is 0 Å². The quantitative estimate of drug-likeness (QED) is 0.475. The highest BCUT2D eigenvalue weighted by atomic mass is 79.9. The van der Waals surface area contributed by atoms with Crippen LogP contribution in [0.3, 0.4) is 0 Å². The predicted octanol–water partition coefficient (Wildman–Crippen LogP) is 5.97. The van der Waals surface area contributed by atoms with Crippen molar-refractivity contribution in [2.45, 2.75) is 39.3 Å². The van der Waals surface area contributed by atoms with Gasteiger partial charge in [-0.05, 0) is 64.3 Å². The van der Waals surface area contributed by atoms with Crippen LogP contribution in [0.5, 0.6) is 11.5 Å². The molecule has 0 aliphatic carbocycles. The lowest BCUT2D eigenvalue weighted by Gasteiger charge is -2.15. The van der Waals surface area contributed by atoms with Crippen molar-refractivity contribution in [2.24, 2.45) is 0 Å². The van der Waals surface area contributed by atoms with Crippen molar-refractivity contribution in [2.75, 3.05) is 13.7 Å². The topological polar surface area (TPSA) is 30.5 Å². The Bertz CT molecular complexity index is 661. The van der Waals surface area contributed by atoms with Gasteiger partial charge >= 0.3 is 0 Å². The van der Waals surface area contributed by atoms with E-state index in [1.54, 1.807) is 7.11 Å². The SMILES string of the molecule is CCCCCNCc1cc(Br)c(OCc2ccc(Cl)cc2)c(OC)c1. The number of ether oxygens (including phenoxy) is 2. The predicted molar refractivity (Wildman–Crippen MR) is 108 cm³/mol. The number of hydrogen-bond acceptors (Lipinski definition) is 3. The zero-order valence-electron chi connectivity index (χ0n) is 14.8. The summed E-state index contributed by atoms with van der Waals surface area (Å²) in [6.07, 6.45) is 3.70. The average molecular weight is 427 g/mol. The van der Waals surface area contributed by atoms with E-state index in [1.807, 2.05) is 30.3 Å². The molecule has 0 fully saturated rings. The molecule has 25 heavy (non-hydrogen) atoms. The second-order valence-electron chi connectivity index (χ2n) is 5.91. The molecule has 136 valence electrons. The highest BCUT2D eigenvalue weighted by Gasteiger charge is 2.12. The maximum atomic E-state index is 5.96. The van der Waals surface area contributed by atoms with Crippen molar-refractivity contribution in [3.05, 3.63) is 57.0 Å². The summed E-state index contributed by atoms with van der Waals surface area (Å²) in [6.45, 7) is 4.52. The summed E-state index contributed by atoms with van der Waals surface area (Å²) in [5.74, 6) is 1.45. The number of unbranched alkanes of at least 4 members (excludes halogenated alkanes) is 2. The Morgan fingerprint density at radius 3 is 2.52 bits per heavy atom. The Morgan fingerprint density at radius 1 is 1.08 bits per heavy atom. The van der Waals surface area contributed by atoms with Crippen molar-refractivity contribution in [3.8, 4) is 11.5 Å². The fourth-order valence-corrected chi connectivity index (χ4v) is 3.21. The lowest BCUT2D eigenvalue weighted by Crippen LogP contribution is -2.14. The summed E-state index contributed by atoms with van der Waals surface area (Å²) in [6, 6.07) is 11.7. The molecule has 2 aromatic rings. The van der Waals surface area contributed by atoms with Gasteiger partial charge in [0.15, 0.2) is 11.5 Å². The van der Waals surface area contributed by atoms with Crippen LogP contribution >= 0.6 is 27.5 Å². The fourth-order valence-electron chi connectivity index (χ4n) is 2.48. The first kappa shape index (κ1) is 20.1. The summed E-state index contributed by atoms with van der Waals surface area (Å²) in [5, 5.41) is 4.19. The molecular weight excluding hydrogens is 402 g/mol. The van der Waals surface area contributed by atoms with E-state index in [0.29, 0.717) is 12.4 Å². The van der Waals surface area contributed by atoms with Crippen molar-refractivity contribution < 1.29 is 9.47 Å². The maximum absolute atomic E-state index is 5.96. The Labute approximate surface area is 163 Å². The van der Waals surface area contributed by atoms with Crippen molar-refractivity contribution in [3.63, 3.8) is 0 Å². The largest absolute Gasteiger partial charge is 0.493 e. The average Bonchev–Trinajstić information content (AvgIpc) is 2.61. The van der Waals surface area contributed by atoms with Crippen LogP contribution in [-0.4, -0.2) is 13.7 Å². The highest BCUT2D eigenvalue weighted by molar-refractivity contribution is 9.10. The molecular formula is C20H25BrClNO2. The molecule has 2 rings (SSSR count). The van der Waals surface area contributed by atoms with Crippen LogP contribution in [0.1, 0.15) is 37.3 Å². The number of halogens is 2. The third-order valence-corrected chi connectivity index (χ3v) is 4.71. The Morgan fingerprint density at radius 2 is 1.84 bits per heavy atom. The van der Waals surface area contributed by atoms with E-state index in [4.69, 9.17) is 21.1 Å². The van der Waals surface area contributed by atoms with E-state index in [2.05, 4.69) is 34.2 Å². The molecule has 0 atom stereocenters. The third kappa shape index (κ3) is 6.53. The first-order chi connectivity index (χ1) is 12.1. The minimum absolute atomic E-state index is 0.459. The molecule has 0 saturated heterocycles. The molecule has 0 bridgehead atoms. The smallest absolute Gasteiger partial charge is 0.175 e. The van der Waals surface area contributed by atoms with Gasteiger partial charge in [-0.1, -0.05) is 43.5 Å². The Kier molecular flexibility index (Phi) is 8.59. The van der Waals surface area contributed by atoms with Crippen molar-refractivity contribution in [1.29, 1.82) is 0 Å². The summed E-state index contributed by atoms with van der Waals surface area (Å²) < 4.78 is 12.4. The molecule has 0 aromatic heterocycles. The summed E-state index contributed by atoms with van der Waals surface area (Å²) in [4.78, 5) is 0. The van der Waals surface area contributed by atoms with Crippen LogP contribution in [0.15, 0.2) is 40.9 Å². The first-order valence-corrected chi connectivity index (χ1v) is 9.75. The van der Waals surface area contributed by atoms with E-state index in [0.717, 1.165) is 33.9 Å². The van der Waals surface area contributed by atoms with Gasteiger partial charge in [0.25, 0.3) is 0 Å². The summed E-state index contributed by atoms with van der Waals surface area (Å²) in [7, 11) is 1.66. The zero-order chi connectivity index (χ0) is 18.1. The standard InChI is InChI=1S/C20H25BrClNO2/c1-3-4-5-10-23-13-16-11-18(21)20(19(12-16)24-2)25-14-15-6-8-17(22)9-7-15/h6-9,11-12,23H,3-5,10,13-14H2,1-2H3. The molecule has 0 heterocycles. The van der Waals surface area contributed by atoms with E-state index >= 15 is 0 Å². The molecule has 0 spiro atoms. The lowest BCUT2D eigenvalue weighted by atomic mass is 10.2. The fraction of sp³-hybridized carbons (Fsp3) is 0.400. The van der Waals surface area contributed by atoms with Crippen LogP contribution < -0.4 is 14.8 Å². The van der Waals surface area contributed by atoms with Crippen molar-refractivity contribution in [1.82, 2.24) is 5.32 Å². The van der Waals surface area contributed by atoms with Crippen molar-refractivity contribution >= 4 is 27.5 Å². The Balaban J connectivity index is 1.99.